The second-order valence-corrected chi connectivity index (χ2v) is 17.2. The summed E-state index contributed by atoms with van der Waals surface area (Å²) in [5, 5.41) is 0. The average Bonchev–Trinajstić information content (AvgIpc) is 3.63. The third kappa shape index (κ3) is 6.10. The van der Waals surface area contributed by atoms with Crippen LogP contribution >= 0.6 is 0 Å². The van der Waals surface area contributed by atoms with Crippen LogP contribution in [-0.2, 0) is 10.8 Å². The van der Waals surface area contributed by atoms with Gasteiger partial charge in [-0.1, -0.05) is 149 Å². The fraction of sp³-hybridized carbons (Fsp3) is 0.179. The Morgan fingerprint density at radius 3 is 1.47 bits per heavy atom. The van der Waals surface area contributed by atoms with E-state index >= 15 is 0 Å². The number of nitrogens with zero attached hydrogens (tertiary/aromatic N) is 2. The maximum atomic E-state index is 2.44. The molecule has 0 saturated carbocycles. The van der Waals surface area contributed by atoms with Gasteiger partial charge in [-0.2, -0.15) is 0 Å². The van der Waals surface area contributed by atoms with Gasteiger partial charge in [0, 0.05) is 45.0 Å². The second kappa shape index (κ2) is 14.2. The molecule has 0 heterocycles. The number of para-hydroxylation sites is 2. The Bertz CT molecular complexity index is 2720. The lowest BCUT2D eigenvalue weighted by molar-refractivity contribution is 0.660. The van der Waals surface area contributed by atoms with Crippen molar-refractivity contribution in [1.82, 2.24) is 0 Å². The molecule has 4 aliphatic rings. The predicted octanol–water partition coefficient (Wildman–Crippen LogP) is 15.2. The van der Waals surface area contributed by atoms with E-state index in [0.717, 1.165) is 25.7 Å². The van der Waals surface area contributed by atoms with E-state index in [4.69, 9.17) is 0 Å². The summed E-state index contributed by atoms with van der Waals surface area (Å²) in [6.07, 6.45) is 22.5. The number of hydrogen-bond acceptors (Lipinski definition) is 2. The first-order valence-corrected chi connectivity index (χ1v) is 21.0. The lowest BCUT2D eigenvalue weighted by Crippen LogP contribution is -2.19. The van der Waals surface area contributed by atoms with Crippen molar-refractivity contribution < 1.29 is 0 Å². The van der Waals surface area contributed by atoms with Gasteiger partial charge < -0.3 is 9.80 Å². The Labute approximate surface area is 344 Å². The molecule has 58 heavy (non-hydrogen) atoms. The van der Waals surface area contributed by atoms with Crippen molar-refractivity contribution in [1.29, 1.82) is 0 Å². The quantitative estimate of drug-likeness (QED) is 0.143. The zero-order valence-electron chi connectivity index (χ0n) is 34.0. The molecule has 10 rings (SSSR count). The summed E-state index contributed by atoms with van der Waals surface area (Å²) in [5.74, 6) is 0. The van der Waals surface area contributed by atoms with E-state index in [9.17, 15) is 0 Å². The van der Waals surface area contributed by atoms with Crippen LogP contribution in [0.3, 0.4) is 0 Å². The zero-order chi connectivity index (χ0) is 39.4. The van der Waals surface area contributed by atoms with Crippen LogP contribution in [0.4, 0.5) is 22.7 Å². The van der Waals surface area contributed by atoms with Gasteiger partial charge in [-0.3, -0.25) is 0 Å². The van der Waals surface area contributed by atoms with Crippen LogP contribution in [0.15, 0.2) is 181 Å². The molecule has 4 aliphatic carbocycles. The third-order valence-electron chi connectivity index (χ3n) is 12.9. The van der Waals surface area contributed by atoms with Gasteiger partial charge in [0.15, 0.2) is 0 Å². The lowest BCUT2D eigenvalue weighted by Gasteiger charge is -2.30. The van der Waals surface area contributed by atoms with Crippen LogP contribution in [0.2, 0.25) is 0 Å². The number of allylic oxidation sites excluding steroid dienone is 7. The zero-order valence-corrected chi connectivity index (χ0v) is 34.0. The molecular weight excluding hydrogens is 701 g/mol. The van der Waals surface area contributed by atoms with Crippen molar-refractivity contribution in [2.75, 3.05) is 9.80 Å². The largest absolute Gasteiger partial charge is 0.314 e. The Kier molecular flexibility index (Phi) is 8.82. The summed E-state index contributed by atoms with van der Waals surface area (Å²) in [5.41, 5.74) is 20.5. The highest BCUT2D eigenvalue weighted by molar-refractivity contribution is 5.88. The van der Waals surface area contributed by atoms with Crippen molar-refractivity contribution in [3.63, 3.8) is 0 Å². The van der Waals surface area contributed by atoms with E-state index in [-0.39, 0.29) is 10.8 Å². The summed E-state index contributed by atoms with van der Waals surface area (Å²) in [6.45, 7) is 9.54. The normalized spacial score (nSPS) is 16.6. The highest BCUT2D eigenvalue weighted by Gasteiger charge is 2.38. The topological polar surface area (TPSA) is 6.48 Å². The molecule has 0 spiro atoms. The fourth-order valence-corrected chi connectivity index (χ4v) is 9.79. The van der Waals surface area contributed by atoms with E-state index in [1.165, 1.54) is 89.8 Å². The monoisotopic (exact) mass is 750 g/mol. The number of fused-ring (bicyclic) bond motifs is 6. The molecule has 2 nitrogen and oxygen atoms in total. The fourth-order valence-electron chi connectivity index (χ4n) is 9.79. The molecule has 2 heteroatoms. The number of hydrogen-bond donors (Lipinski definition) is 0. The Hall–Kier alpha value is -6.38. The predicted molar refractivity (Wildman–Crippen MR) is 247 cm³/mol. The van der Waals surface area contributed by atoms with E-state index in [2.05, 4.69) is 220 Å². The number of rotatable bonds is 8. The summed E-state index contributed by atoms with van der Waals surface area (Å²) < 4.78 is 0. The molecule has 0 N–H and O–H groups in total. The van der Waals surface area contributed by atoms with E-state index in [1.807, 2.05) is 0 Å². The Morgan fingerprint density at radius 2 is 0.966 bits per heavy atom. The maximum Gasteiger partial charge on any atom is 0.0464 e. The van der Waals surface area contributed by atoms with Crippen LogP contribution in [-0.4, -0.2) is 0 Å². The highest BCUT2D eigenvalue weighted by atomic mass is 15.2. The molecule has 0 radical (unpaired) electrons. The van der Waals surface area contributed by atoms with Gasteiger partial charge >= 0.3 is 0 Å². The molecule has 0 fully saturated rings. The minimum absolute atomic E-state index is 0.129. The molecular formula is C56H50N2. The van der Waals surface area contributed by atoms with Crippen molar-refractivity contribution in [3.05, 3.63) is 215 Å². The summed E-state index contributed by atoms with van der Waals surface area (Å²) in [6, 6.07) is 49.8. The Morgan fingerprint density at radius 1 is 0.466 bits per heavy atom. The first kappa shape index (κ1) is 36.0. The Balaban J connectivity index is 0.936. The third-order valence-corrected chi connectivity index (χ3v) is 12.9. The molecule has 0 aromatic heterocycles. The van der Waals surface area contributed by atoms with Crippen molar-refractivity contribution >= 4 is 34.9 Å². The molecule has 0 saturated heterocycles. The maximum absolute atomic E-state index is 2.44. The van der Waals surface area contributed by atoms with E-state index in [1.54, 1.807) is 0 Å². The van der Waals surface area contributed by atoms with Gasteiger partial charge in [0.05, 0.1) is 0 Å². The van der Waals surface area contributed by atoms with Crippen LogP contribution < -0.4 is 9.80 Å². The second-order valence-electron chi connectivity index (χ2n) is 17.2. The van der Waals surface area contributed by atoms with Gasteiger partial charge in [0.2, 0.25) is 0 Å². The minimum Gasteiger partial charge on any atom is -0.314 e. The molecule has 284 valence electrons. The van der Waals surface area contributed by atoms with Crippen LogP contribution in [0, 0.1) is 0 Å². The summed E-state index contributed by atoms with van der Waals surface area (Å²) >= 11 is 0. The first-order valence-electron chi connectivity index (χ1n) is 21.0. The van der Waals surface area contributed by atoms with E-state index in [0.29, 0.717) is 0 Å². The van der Waals surface area contributed by atoms with Gasteiger partial charge in [-0.25, -0.2) is 0 Å². The van der Waals surface area contributed by atoms with Crippen LogP contribution in [0.1, 0.15) is 86.8 Å². The summed E-state index contributed by atoms with van der Waals surface area (Å²) in [4.78, 5) is 4.85. The SMILES string of the molecule is CC1(C)c2cc(/C=C/c3ccc4c(c3)C(C)(C)c3cc(N(C5=CC=CCC5)c5ccccc5)ccc3-4)ccc2-c2ccc(N(C3=CCCC=C3)c3ccccc3)cc21. The number of benzene rings is 6. The van der Waals surface area contributed by atoms with E-state index < -0.39 is 0 Å². The lowest BCUT2D eigenvalue weighted by atomic mass is 9.81. The minimum atomic E-state index is -0.133. The standard InChI is InChI=1S/C56H50N2/c1-55(2)51-35-39(27-31-47(51)49-33-29-45(37-53(49)55)57(41-17-9-5-10-18-41)42-19-11-6-12-20-42)25-26-40-28-32-48-50-34-30-46(38-54(50)56(3,4)52(48)36-40)58(43-21-13-7-14-22-43)44-23-15-8-16-24-44/h5-7,9-11,13-15,17-19,21-38H,8,12,16,20H2,1-4H3/b26-25+. The molecule has 0 aliphatic heterocycles. The molecule has 6 aromatic rings. The average molecular weight is 751 g/mol. The van der Waals surface area contributed by atoms with Crippen LogP contribution in [0.5, 0.6) is 0 Å². The van der Waals surface area contributed by atoms with Gasteiger partial charge in [-0.15, -0.1) is 0 Å². The number of anilines is 4. The van der Waals surface area contributed by atoms with Gasteiger partial charge in [0.1, 0.15) is 0 Å². The molecule has 6 aromatic carbocycles. The van der Waals surface area contributed by atoms with Crippen molar-refractivity contribution in [3.8, 4) is 22.3 Å². The van der Waals surface area contributed by atoms with Crippen molar-refractivity contribution in [2.24, 2.45) is 0 Å². The van der Waals surface area contributed by atoms with Crippen LogP contribution in [0.25, 0.3) is 34.4 Å². The van der Waals surface area contributed by atoms with Gasteiger partial charge in [-0.05, 0) is 142 Å². The molecule has 0 amide bonds. The molecule has 0 unspecified atom stereocenters. The molecule has 0 bridgehead atoms. The smallest absolute Gasteiger partial charge is 0.0464 e. The highest BCUT2D eigenvalue weighted by Crippen LogP contribution is 2.52. The first-order chi connectivity index (χ1) is 28.3. The molecule has 0 atom stereocenters. The van der Waals surface area contributed by atoms with Gasteiger partial charge in [0.25, 0.3) is 0 Å². The summed E-state index contributed by atoms with van der Waals surface area (Å²) in [7, 11) is 0. The van der Waals surface area contributed by atoms with Crippen molar-refractivity contribution in [2.45, 2.75) is 64.2 Å².